The van der Waals surface area contributed by atoms with Crippen LogP contribution in [0.5, 0.6) is 0 Å². The van der Waals surface area contributed by atoms with Crippen molar-refractivity contribution in [3.8, 4) is 0 Å². The molecule has 0 spiro atoms. The van der Waals surface area contributed by atoms with E-state index in [0.29, 0.717) is 17.9 Å². The van der Waals surface area contributed by atoms with E-state index in [-0.39, 0.29) is 0 Å². The number of nitrogens with two attached hydrogens (primary N) is 1. The lowest BCUT2D eigenvalue weighted by Gasteiger charge is -2.03. The number of rotatable bonds is 6. The Balaban J connectivity index is 2.66. The summed E-state index contributed by atoms with van der Waals surface area (Å²) in [6.07, 6.45) is 0.862. The maximum Gasteiger partial charge on any atom is 0.305 e. The topological polar surface area (TPSA) is 69.2 Å². The molecule has 1 aromatic carbocycles. The van der Waals surface area contributed by atoms with E-state index >= 15 is 0 Å². The molecule has 0 atom stereocenters. The smallest absolute Gasteiger partial charge is 0.305 e. The van der Waals surface area contributed by atoms with Crippen LogP contribution < -0.4 is 5.73 Å². The number of nitrogens with zero attached hydrogens (tertiary/aromatic N) is 1. The second-order valence-electron chi connectivity index (χ2n) is 3.20. The molecule has 1 aromatic rings. The van der Waals surface area contributed by atoms with Gasteiger partial charge < -0.3 is 5.73 Å². The highest BCUT2D eigenvalue weighted by atomic mass is 32.2. The molecule has 0 aromatic heterocycles. The van der Waals surface area contributed by atoms with Crippen molar-refractivity contribution in [3.05, 3.63) is 39.7 Å². The zero-order valence-corrected chi connectivity index (χ0v) is 9.50. The molecule has 0 saturated heterocycles. The molecule has 0 bridgehead atoms. The Bertz CT molecular complexity index is 374. The van der Waals surface area contributed by atoms with Crippen molar-refractivity contribution in [1.29, 1.82) is 0 Å². The van der Waals surface area contributed by atoms with E-state index in [1.807, 2.05) is 0 Å². The van der Waals surface area contributed by atoms with Crippen molar-refractivity contribution in [2.45, 2.75) is 12.2 Å². The average molecular weight is 244 g/mol. The van der Waals surface area contributed by atoms with Crippen molar-refractivity contribution < 1.29 is 9.31 Å². The van der Waals surface area contributed by atoms with Crippen LogP contribution in [0.4, 0.5) is 10.1 Å². The Kier molecular flexibility index (Phi) is 5.21. The van der Waals surface area contributed by atoms with Crippen molar-refractivity contribution in [2.24, 2.45) is 5.73 Å². The van der Waals surface area contributed by atoms with Crippen LogP contribution in [0, 0.1) is 15.9 Å². The predicted molar refractivity (Wildman–Crippen MR) is 62.9 cm³/mol. The fraction of sp³-hybridized carbons (Fsp3) is 0.400. The highest BCUT2D eigenvalue weighted by Gasteiger charge is 2.16. The molecule has 0 aliphatic rings. The van der Waals surface area contributed by atoms with Crippen molar-refractivity contribution in [3.63, 3.8) is 0 Å². The van der Waals surface area contributed by atoms with Crippen LogP contribution in [0.3, 0.4) is 0 Å². The van der Waals surface area contributed by atoms with E-state index in [1.54, 1.807) is 6.07 Å². The maximum absolute atomic E-state index is 13.6. The molecular formula is C10H13FN2O2S. The molecule has 0 aliphatic heterocycles. The number of nitro groups is 1. The van der Waals surface area contributed by atoms with E-state index in [0.717, 1.165) is 12.2 Å². The average Bonchev–Trinajstić information content (AvgIpc) is 2.26. The van der Waals surface area contributed by atoms with Crippen LogP contribution in [0.15, 0.2) is 18.2 Å². The molecule has 0 heterocycles. The zero-order valence-electron chi connectivity index (χ0n) is 8.69. The number of nitro benzene ring substituents is 1. The minimum atomic E-state index is -0.729. The molecule has 0 fully saturated rings. The van der Waals surface area contributed by atoms with Crippen LogP contribution in [-0.2, 0) is 5.75 Å². The monoisotopic (exact) mass is 244 g/mol. The summed E-state index contributed by atoms with van der Waals surface area (Å²) in [5, 5.41) is 10.5. The SMILES string of the molecule is NCCCSCc1cccc([N+](=O)[O-])c1F. The van der Waals surface area contributed by atoms with Gasteiger partial charge >= 0.3 is 5.69 Å². The first-order valence-corrected chi connectivity index (χ1v) is 6.02. The Hall–Kier alpha value is -1.14. The van der Waals surface area contributed by atoms with Crippen LogP contribution in [-0.4, -0.2) is 17.2 Å². The maximum atomic E-state index is 13.6. The van der Waals surface area contributed by atoms with Crippen LogP contribution in [0.25, 0.3) is 0 Å². The van der Waals surface area contributed by atoms with Crippen molar-refractivity contribution in [2.75, 3.05) is 12.3 Å². The summed E-state index contributed by atoms with van der Waals surface area (Å²) < 4.78 is 13.6. The summed E-state index contributed by atoms with van der Waals surface area (Å²) in [4.78, 5) is 9.79. The standard InChI is InChI=1S/C10H13FN2O2S/c11-10-8(7-16-6-2-5-12)3-1-4-9(10)13(14)15/h1,3-4H,2,5-7,12H2. The molecule has 88 valence electrons. The molecule has 0 aliphatic carbocycles. The fourth-order valence-electron chi connectivity index (χ4n) is 1.19. The Morgan fingerprint density at radius 1 is 1.50 bits per heavy atom. The van der Waals surface area contributed by atoms with Crippen LogP contribution in [0.1, 0.15) is 12.0 Å². The van der Waals surface area contributed by atoms with Gasteiger partial charge in [-0.15, -0.1) is 0 Å². The van der Waals surface area contributed by atoms with Gasteiger partial charge in [0.15, 0.2) is 0 Å². The second kappa shape index (κ2) is 6.44. The van der Waals surface area contributed by atoms with Crippen molar-refractivity contribution >= 4 is 17.4 Å². The van der Waals surface area contributed by atoms with Gasteiger partial charge in [-0.2, -0.15) is 16.2 Å². The molecule has 0 radical (unpaired) electrons. The summed E-state index contributed by atoms with van der Waals surface area (Å²) in [5.74, 6) is 0.541. The highest BCUT2D eigenvalue weighted by Crippen LogP contribution is 2.23. The van der Waals surface area contributed by atoms with Gasteiger partial charge in [-0.05, 0) is 18.7 Å². The summed E-state index contributed by atoms with van der Waals surface area (Å²) in [6.45, 7) is 0.602. The van der Waals surface area contributed by atoms with Gasteiger partial charge in [0.2, 0.25) is 5.82 Å². The van der Waals surface area contributed by atoms with Crippen LogP contribution >= 0.6 is 11.8 Å². The first kappa shape index (κ1) is 12.9. The molecule has 0 amide bonds. The lowest BCUT2D eigenvalue weighted by Crippen LogP contribution is -2.00. The van der Waals surface area contributed by atoms with Gasteiger partial charge in [0, 0.05) is 17.4 Å². The number of halogens is 1. The van der Waals surface area contributed by atoms with Gasteiger partial charge in [0.05, 0.1) is 4.92 Å². The Morgan fingerprint density at radius 2 is 2.25 bits per heavy atom. The number of hydrogen-bond acceptors (Lipinski definition) is 4. The van der Waals surface area contributed by atoms with E-state index in [9.17, 15) is 14.5 Å². The lowest BCUT2D eigenvalue weighted by molar-refractivity contribution is -0.387. The minimum Gasteiger partial charge on any atom is -0.330 e. The second-order valence-corrected chi connectivity index (χ2v) is 4.31. The van der Waals surface area contributed by atoms with E-state index in [4.69, 9.17) is 5.73 Å². The van der Waals surface area contributed by atoms with Crippen LogP contribution in [0.2, 0.25) is 0 Å². The first-order valence-electron chi connectivity index (χ1n) is 4.86. The Morgan fingerprint density at radius 3 is 2.88 bits per heavy atom. The first-order chi connectivity index (χ1) is 7.66. The van der Waals surface area contributed by atoms with Gasteiger partial charge in [0.1, 0.15) is 0 Å². The number of thioether (sulfide) groups is 1. The molecule has 6 heteroatoms. The van der Waals surface area contributed by atoms with Gasteiger partial charge in [0.25, 0.3) is 0 Å². The zero-order chi connectivity index (χ0) is 12.0. The highest BCUT2D eigenvalue weighted by molar-refractivity contribution is 7.98. The van der Waals surface area contributed by atoms with Gasteiger partial charge in [-0.25, -0.2) is 0 Å². The Labute approximate surface area is 97.2 Å². The minimum absolute atomic E-state index is 0.372. The molecule has 4 nitrogen and oxygen atoms in total. The van der Waals surface area contributed by atoms with Gasteiger partial charge in [-0.1, -0.05) is 12.1 Å². The van der Waals surface area contributed by atoms with Gasteiger partial charge in [-0.3, -0.25) is 10.1 Å². The number of benzene rings is 1. The molecule has 2 N–H and O–H groups in total. The molecule has 0 saturated carbocycles. The largest absolute Gasteiger partial charge is 0.330 e. The molecule has 1 rings (SSSR count). The number of hydrogen-bond donors (Lipinski definition) is 1. The third kappa shape index (κ3) is 3.46. The fourth-order valence-corrected chi connectivity index (χ4v) is 2.14. The third-order valence-electron chi connectivity index (χ3n) is 2.01. The normalized spacial score (nSPS) is 10.4. The summed E-state index contributed by atoms with van der Waals surface area (Å²) >= 11 is 1.52. The van der Waals surface area contributed by atoms with E-state index < -0.39 is 16.4 Å². The molecule has 16 heavy (non-hydrogen) atoms. The summed E-state index contributed by atoms with van der Waals surface area (Å²) in [6, 6.07) is 4.24. The van der Waals surface area contributed by atoms with E-state index in [2.05, 4.69) is 0 Å². The summed E-state index contributed by atoms with van der Waals surface area (Å²) in [7, 11) is 0. The van der Waals surface area contributed by atoms with Crippen molar-refractivity contribution in [1.82, 2.24) is 0 Å². The van der Waals surface area contributed by atoms with E-state index in [1.165, 1.54) is 23.9 Å². The lowest BCUT2D eigenvalue weighted by atomic mass is 10.2. The molecular weight excluding hydrogens is 231 g/mol. The summed E-state index contributed by atoms with van der Waals surface area (Å²) in [5.41, 5.74) is 5.24. The third-order valence-corrected chi connectivity index (χ3v) is 3.10. The predicted octanol–water partition coefficient (Wildman–Crippen LogP) is 2.32. The molecule has 0 unspecified atom stereocenters. The quantitative estimate of drug-likeness (QED) is 0.473.